The lowest BCUT2D eigenvalue weighted by molar-refractivity contribution is 0.0582. The molecule has 2 aromatic carbocycles. The van der Waals surface area contributed by atoms with Crippen molar-refractivity contribution >= 4 is 33.8 Å². The van der Waals surface area contributed by atoms with Crippen molar-refractivity contribution in [2.24, 2.45) is 0 Å². The summed E-state index contributed by atoms with van der Waals surface area (Å²) in [5, 5.41) is 14.2. The van der Waals surface area contributed by atoms with Gasteiger partial charge in [0.1, 0.15) is 24.6 Å². The van der Waals surface area contributed by atoms with Crippen LogP contribution < -0.4 is 5.32 Å². The van der Waals surface area contributed by atoms with Gasteiger partial charge >= 0.3 is 6.09 Å². The lowest BCUT2D eigenvalue weighted by Crippen LogP contribution is -2.27. The molecule has 2 aromatic heterocycles. The number of hydrogen-bond acceptors (Lipinski definition) is 6. The van der Waals surface area contributed by atoms with Crippen LogP contribution in [0.2, 0.25) is 0 Å². The van der Waals surface area contributed by atoms with Crippen LogP contribution in [0.1, 0.15) is 32.2 Å². The molecule has 0 aliphatic rings. The maximum Gasteiger partial charge on any atom is 0.413 e. The van der Waals surface area contributed by atoms with Crippen LogP contribution in [0.4, 0.5) is 10.6 Å². The number of hydrogen-bond donors (Lipinski definition) is 2. The predicted octanol–water partition coefficient (Wildman–Crippen LogP) is 4.44. The second-order valence-corrected chi connectivity index (χ2v) is 8.35. The van der Waals surface area contributed by atoms with Crippen molar-refractivity contribution in [1.82, 2.24) is 14.5 Å². The fraction of sp³-hybridized carbons (Fsp3) is 0.320. The average Bonchev–Trinajstić information content (AvgIpc) is 3.14. The van der Waals surface area contributed by atoms with Crippen molar-refractivity contribution < 1.29 is 19.4 Å². The Hall–Kier alpha value is -3.49. The number of aromatic nitrogens is 3. The van der Waals surface area contributed by atoms with Crippen molar-refractivity contribution in [3.8, 4) is 0 Å². The van der Waals surface area contributed by atoms with Gasteiger partial charge in [0.05, 0.1) is 23.2 Å². The standard InChI is InChI=1S/C25H27N4O4/c1-4-32-15-20-27-21-22(29(20)16-25(2,3)31)18-12-8-9-13-19(18)26-23(21)28-24(30)33-14-17-10-6-5-7-11-17/h6-13,31H,4,14-16H2,1-3H3,(H,26,28,30). The molecule has 4 rings (SSSR count). The number of nitrogens with one attached hydrogen (secondary N) is 1. The number of amides is 1. The van der Waals surface area contributed by atoms with Gasteiger partial charge in [0.25, 0.3) is 0 Å². The summed E-state index contributed by atoms with van der Waals surface area (Å²) in [6.45, 7) is 6.61. The number of fused-ring (bicyclic) bond motifs is 3. The molecule has 4 aromatic rings. The molecule has 0 spiro atoms. The molecule has 8 heteroatoms. The van der Waals surface area contributed by atoms with E-state index in [9.17, 15) is 9.90 Å². The Morgan fingerprint density at radius 2 is 1.91 bits per heavy atom. The number of ether oxygens (including phenoxy) is 2. The van der Waals surface area contributed by atoms with Gasteiger partial charge in [-0.2, -0.15) is 0 Å². The molecule has 0 saturated heterocycles. The van der Waals surface area contributed by atoms with Crippen molar-refractivity contribution in [1.29, 1.82) is 0 Å². The van der Waals surface area contributed by atoms with E-state index < -0.39 is 11.7 Å². The summed E-state index contributed by atoms with van der Waals surface area (Å²) in [4.78, 5) is 22.0. The van der Waals surface area contributed by atoms with Crippen LogP contribution in [-0.4, -0.2) is 37.9 Å². The number of anilines is 1. The van der Waals surface area contributed by atoms with E-state index in [1.54, 1.807) is 26.0 Å². The van der Waals surface area contributed by atoms with Crippen LogP contribution in [0.3, 0.4) is 0 Å². The Morgan fingerprint density at radius 3 is 2.64 bits per heavy atom. The van der Waals surface area contributed by atoms with Gasteiger partial charge < -0.3 is 19.1 Å². The Balaban J connectivity index is 1.76. The van der Waals surface area contributed by atoms with Crippen molar-refractivity contribution in [3.63, 3.8) is 0 Å². The third kappa shape index (κ3) is 5.30. The Labute approximate surface area is 192 Å². The molecule has 0 aliphatic carbocycles. The molecule has 0 bridgehead atoms. The summed E-state index contributed by atoms with van der Waals surface area (Å²) in [5.74, 6) is 0.937. The third-order valence-corrected chi connectivity index (χ3v) is 5.02. The van der Waals surface area contributed by atoms with Gasteiger partial charge in [0, 0.05) is 12.0 Å². The van der Waals surface area contributed by atoms with E-state index >= 15 is 0 Å². The predicted molar refractivity (Wildman–Crippen MR) is 126 cm³/mol. The van der Waals surface area contributed by atoms with E-state index in [4.69, 9.17) is 14.5 Å². The smallest absolute Gasteiger partial charge is 0.413 e. The average molecular weight is 448 g/mol. The maximum atomic E-state index is 12.6. The van der Waals surface area contributed by atoms with Crippen LogP contribution in [0, 0.1) is 6.07 Å². The zero-order chi connectivity index (χ0) is 23.4. The fourth-order valence-corrected chi connectivity index (χ4v) is 3.63. The minimum absolute atomic E-state index is 0.125. The summed E-state index contributed by atoms with van der Waals surface area (Å²) >= 11 is 0. The largest absolute Gasteiger partial charge is 0.444 e. The zero-order valence-electron chi connectivity index (χ0n) is 19.0. The van der Waals surface area contributed by atoms with Gasteiger partial charge in [-0.25, -0.2) is 14.8 Å². The number of benzene rings is 2. The van der Waals surface area contributed by atoms with Gasteiger partial charge in [-0.3, -0.25) is 5.32 Å². The molecule has 0 saturated carbocycles. The second-order valence-electron chi connectivity index (χ2n) is 8.35. The lowest BCUT2D eigenvalue weighted by atomic mass is 10.1. The minimum Gasteiger partial charge on any atom is -0.444 e. The highest BCUT2D eigenvalue weighted by molar-refractivity contribution is 6.09. The highest BCUT2D eigenvalue weighted by atomic mass is 16.5. The SMILES string of the molecule is CCOCc1nc2c(NC(=O)OCc3cc[c]cc3)nc3ccccc3c2n1CC(C)(C)O. The first kappa shape index (κ1) is 22.7. The summed E-state index contributed by atoms with van der Waals surface area (Å²) in [7, 11) is 0. The van der Waals surface area contributed by atoms with E-state index in [0.29, 0.717) is 35.8 Å². The van der Waals surface area contributed by atoms with Crippen molar-refractivity contribution in [2.75, 3.05) is 11.9 Å². The molecule has 0 aliphatic heterocycles. The molecule has 1 radical (unpaired) electrons. The molecule has 0 unspecified atom stereocenters. The monoisotopic (exact) mass is 447 g/mol. The van der Waals surface area contributed by atoms with Gasteiger partial charge in [0.15, 0.2) is 5.82 Å². The molecule has 1 amide bonds. The molecular formula is C25H27N4O4. The molecule has 8 nitrogen and oxygen atoms in total. The lowest BCUT2D eigenvalue weighted by Gasteiger charge is -2.20. The normalized spacial score (nSPS) is 11.8. The van der Waals surface area contributed by atoms with E-state index in [-0.39, 0.29) is 13.2 Å². The highest BCUT2D eigenvalue weighted by Gasteiger charge is 2.24. The number of carbonyl (C=O) groups excluding carboxylic acids is 1. The number of rotatable bonds is 8. The summed E-state index contributed by atoms with van der Waals surface area (Å²) < 4.78 is 12.9. The molecule has 33 heavy (non-hydrogen) atoms. The molecule has 2 N–H and O–H groups in total. The van der Waals surface area contributed by atoms with Gasteiger partial charge in [-0.15, -0.1) is 0 Å². The Morgan fingerprint density at radius 1 is 1.15 bits per heavy atom. The molecule has 2 heterocycles. The van der Waals surface area contributed by atoms with Crippen LogP contribution in [-0.2, 0) is 29.2 Å². The maximum absolute atomic E-state index is 12.6. The third-order valence-electron chi connectivity index (χ3n) is 5.02. The fourth-order valence-electron chi connectivity index (χ4n) is 3.63. The summed E-state index contributed by atoms with van der Waals surface area (Å²) in [5.41, 5.74) is 1.84. The number of nitrogens with zero attached hydrogens (tertiary/aromatic N) is 3. The first-order chi connectivity index (χ1) is 15.9. The van der Waals surface area contributed by atoms with Crippen LogP contribution in [0.25, 0.3) is 21.9 Å². The number of pyridine rings is 1. The summed E-state index contributed by atoms with van der Waals surface area (Å²) in [6, 6.07) is 17.7. The first-order valence-corrected chi connectivity index (χ1v) is 10.8. The highest BCUT2D eigenvalue weighted by Crippen LogP contribution is 2.31. The van der Waals surface area contributed by atoms with Gasteiger partial charge in [-0.1, -0.05) is 42.5 Å². The van der Waals surface area contributed by atoms with Crippen LogP contribution >= 0.6 is 0 Å². The number of carbonyl (C=O) groups is 1. The van der Waals surface area contributed by atoms with Gasteiger partial charge in [0.2, 0.25) is 0 Å². The van der Waals surface area contributed by atoms with Crippen LogP contribution in [0.5, 0.6) is 0 Å². The number of imidazole rings is 1. The zero-order valence-corrected chi connectivity index (χ0v) is 19.0. The molecular weight excluding hydrogens is 420 g/mol. The first-order valence-electron chi connectivity index (χ1n) is 10.8. The van der Waals surface area contributed by atoms with E-state index in [1.165, 1.54) is 0 Å². The van der Waals surface area contributed by atoms with Crippen molar-refractivity contribution in [3.05, 3.63) is 66.0 Å². The topological polar surface area (TPSA) is 98.5 Å². The summed E-state index contributed by atoms with van der Waals surface area (Å²) in [6.07, 6.45) is -0.629. The number of aliphatic hydroxyl groups is 1. The van der Waals surface area contributed by atoms with Crippen molar-refractivity contribution in [2.45, 2.75) is 46.1 Å². The van der Waals surface area contributed by atoms with E-state index in [1.807, 2.05) is 47.9 Å². The molecule has 0 atom stereocenters. The second kappa shape index (κ2) is 9.56. The van der Waals surface area contributed by atoms with Crippen LogP contribution in [0.15, 0.2) is 48.5 Å². The Kier molecular flexibility index (Phi) is 6.57. The number of para-hydroxylation sites is 1. The quantitative estimate of drug-likeness (QED) is 0.414. The molecule has 171 valence electrons. The van der Waals surface area contributed by atoms with Gasteiger partial charge in [-0.05, 0) is 38.5 Å². The Bertz CT molecular complexity index is 1260. The molecule has 0 fully saturated rings. The van der Waals surface area contributed by atoms with E-state index in [0.717, 1.165) is 16.5 Å². The van der Waals surface area contributed by atoms with E-state index in [2.05, 4.69) is 16.4 Å². The minimum atomic E-state index is -0.987.